The molecule has 0 aromatic heterocycles. The Kier molecular flexibility index (Phi) is 5.93. The molecule has 0 saturated carbocycles. The molecule has 1 atom stereocenters. The second-order valence-corrected chi connectivity index (χ2v) is 8.16. The highest BCUT2D eigenvalue weighted by Crippen LogP contribution is 2.27. The summed E-state index contributed by atoms with van der Waals surface area (Å²) in [5.41, 5.74) is 2.20. The van der Waals surface area contributed by atoms with E-state index in [0.29, 0.717) is 25.3 Å². The van der Waals surface area contributed by atoms with Gasteiger partial charge in [0, 0.05) is 26.1 Å². The largest absolute Gasteiger partial charge is 0.341 e. The number of halogens is 1. The second kappa shape index (κ2) is 8.76. The molecule has 1 unspecified atom stereocenters. The minimum atomic E-state index is -0.337. The van der Waals surface area contributed by atoms with E-state index in [4.69, 9.17) is 0 Å². The van der Waals surface area contributed by atoms with Gasteiger partial charge >= 0.3 is 0 Å². The molecular formula is C24H27FN2O2. The van der Waals surface area contributed by atoms with E-state index in [0.717, 1.165) is 43.5 Å². The number of hydrogen-bond acceptors (Lipinski definition) is 2. The van der Waals surface area contributed by atoms with Crippen LogP contribution in [0.3, 0.4) is 0 Å². The highest BCUT2D eigenvalue weighted by Gasteiger charge is 2.38. The molecule has 2 aliphatic rings. The van der Waals surface area contributed by atoms with Crippen LogP contribution in [0, 0.1) is 11.7 Å². The fraction of sp³-hybridized carbons (Fsp3) is 0.417. The summed E-state index contributed by atoms with van der Waals surface area (Å²) in [5, 5.41) is 0. The Labute approximate surface area is 171 Å². The van der Waals surface area contributed by atoms with E-state index >= 15 is 0 Å². The van der Waals surface area contributed by atoms with Crippen LogP contribution in [0.25, 0.3) is 0 Å². The molecule has 0 spiro atoms. The molecule has 0 radical (unpaired) electrons. The van der Waals surface area contributed by atoms with E-state index < -0.39 is 0 Å². The second-order valence-electron chi connectivity index (χ2n) is 8.16. The first-order valence-electron chi connectivity index (χ1n) is 10.5. The van der Waals surface area contributed by atoms with Crippen molar-refractivity contribution in [3.63, 3.8) is 0 Å². The third-order valence-corrected chi connectivity index (χ3v) is 6.17. The van der Waals surface area contributed by atoms with Crippen LogP contribution in [0.4, 0.5) is 4.39 Å². The zero-order chi connectivity index (χ0) is 20.2. The van der Waals surface area contributed by atoms with Gasteiger partial charge in [-0.15, -0.1) is 0 Å². The molecule has 2 saturated heterocycles. The highest BCUT2D eigenvalue weighted by atomic mass is 19.1. The van der Waals surface area contributed by atoms with Crippen LogP contribution < -0.4 is 0 Å². The van der Waals surface area contributed by atoms with Crippen LogP contribution in [-0.2, 0) is 22.6 Å². The normalized spacial score (nSPS) is 20.3. The summed E-state index contributed by atoms with van der Waals surface area (Å²) < 4.78 is 13.1. The van der Waals surface area contributed by atoms with Gasteiger partial charge in [0.15, 0.2) is 0 Å². The number of likely N-dealkylation sites (tertiary alicyclic amines) is 2. The van der Waals surface area contributed by atoms with E-state index in [1.165, 1.54) is 12.1 Å². The molecule has 0 bridgehead atoms. The van der Waals surface area contributed by atoms with Gasteiger partial charge in [0.2, 0.25) is 11.8 Å². The van der Waals surface area contributed by atoms with Crippen molar-refractivity contribution in [2.24, 2.45) is 5.92 Å². The molecule has 2 aromatic rings. The molecule has 2 heterocycles. The molecule has 2 amide bonds. The molecule has 2 aliphatic heterocycles. The summed E-state index contributed by atoms with van der Waals surface area (Å²) in [5.74, 6) is 0.459. The van der Waals surface area contributed by atoms with Crippen LogP contribution in [0.1, 0.15) is 36.8 Å². The first-order chi connectivity index (χ1) is 14.1. The Morgan fingerprint density at radius 3 is 2.31 bits per heavy atom. The topological polar surface area (TPSA) is 40.6 Å². The fourth-order valence-electron chi connectivity index (χ4n) is 4.49. The van der Waals surface area contributed by atoms with Crippen LogP contribution >= 0.6 is 0 Å². The summed E-state index contributed by atoms with van der Waals surface area (Å²) in [6, 6.07) is 16.2. The van der Waals surface area contributed by atoms with Crippen LogP contribution in [-0.4, -0.2) is 40.7 Å². The molecule has 2 aromatic carbocycles. The number of piperidine rings is 1. The Balaban J connectivity index is 1.33. The quantitative estimate of drug-likeness (QED) is 0.774. The number of nitrogens with zero attached hydrogens (tertiary/aromatic N) is 2. The van der Waals surface area contributed by atoms with Crippen LogP contribution in [0.5, 0.6) is 0 Å². The van der Waals surface area contributed by atoms with Gasteiger partial charge < -0.3 is 9.80 Å². The lowest BCUT2D eigenvalue weighted by molar-refractivity contribution is -0.142. The first-order valence-corrected chi connectivity index (χ1v) is 10.5. The van der Waals surface area contributed by atoms with E-state index in [9.17, 15) is 14.0 Å². The predicted molar refractivity (Wildman–Crippen MR) is 109 cm³/mol. The maximum Gasteiger partial charge on any atom is 0.245 e. The van der Waals surface area contributed by atoms with Crippen molar-refractivity contribution in [3.8, 4) is 0 Å². The number of benzene rings is 2. The molecule has 152 valence electrons. The first kappa shape index (κ1) is 19.6. The van der Waals surface area contributed by atoms with Crippen LogP contribution in [0.2, 0.25) is 0 Å². The van der Waals surface area contributed by atoms with E-state index in [1.54, 1.807) is 4.90 Å². The molecule has 2 fully saturated rings. The summed E-state index contributed by atoms with van der Waals surface area (Å²) in [4.78, 5) is 29.2. The molecular weight excluding hydrogens is 367 g/mol. The summed E-state index contributed by atoms with van der Waals surface area (Å²) >= 11 is 0. The summed E-state index contributed by atoms with van der Waals surface area (Å²) in [6.07, 6.45) is 3.87. The fourth-order valence-corrected chi connectivity index (χ4v) is 4.49. The van der Waals surface area contributed by atoms with Gasteiger partial charge in [-0.1, -0.05) is 42.5 Å². The Hall–Kier alpha value is -2.69. The van der Waals surface area contributed by atoms with Crippen molar-refractivity contribution >= 4 is 11.8 Å². The van der Waals surface area contributed by atoms with E-state index in [2.05, 4.69) is 0 Å². The monoisotopic (exact) mass is 394 g/mol. The molecule has 0 N–H and O–H groups in total. The smallest absolute Gasteiger partial charge is 0.245 e. The molecule has 29 heavy (non-hydrogen) atoms. The number of rotatable bonds is 5. The molecule has 4 rings (SSSR count). The van der Waals surface area contributed by atoms with Crippen molar-refractivity contribution < 1.29 is 14.0 Å². The lowest BCUT2D eigenvalue weighted by atomic mass is 9.90. The Bertz CT molecular complexity index is 845. The van der Waals surface area contributed by atoms with Gasteiger partial charge in [0.05, 0.1) is 0 Å². The average Bonchev–Trinajstić information content (AvgIpc) is 3.11. The van der Waals surface area contributed by atoms with Gasteiger partial charge in [0.25, 0.3) is 0 Å². The Morgan fingerprint density at radius 1 is 0.931 bits per heavy atom. The number of carbonyl (C=O) groups is 2. The minimum absolute atomic E-state index is 0.0680. The molecule has 4 nitrogen and oxygen atoms in total. The third-order valence-electron chi connectivity index (χ3n) is 6.17. The average molecular weight is 394 g/mol. The standard InChI is InChI=1S/C24H27FN2O2/c25-21-8-6-18(7-9-21)16-19-12-14-26(15-13-19)24(29)22-10-11-23(28)27(22)17-20-4-2-1-3-5-20/h1-9,19,22H,10-17H2. The molecule has 0 aliphatic carbocycles. The van der Waals surface area contributed by atoms with Crippen molar-refractivity contribution in [2.75, 3.05) is 13.1 Å². The molecule has 5 heteroatoms. The number of amides is 2. The van der Waals surface area contributed by atoms with Gasteiger partial charge in [0.1, 0.15) is 11.9 Å². The number of carbonyl (C=O) groups excluding carboxylic acids is 2. The van der Waals surface area contributed by atoms with Gasteiger partial charge in [-0.05, 0) is 54.9 Å². The zero-order valence-corrected chi connectivity index (χ0v) is 16.6. The zero-order valence-electron chi connectivity index (χ0n) is 16.6. The summed E-state index contributed by atoms with van der Waals surface area (Å²) in [6.45, 7) is 1.96. The van der Waals surface area contributed by atoms with E-state index in [-0.39, 0.29) is 23.7 Å². The van der Waals surface area contributed by atoms with Crippen LogP contribution in [0.15, 0.2) is 54.6 Å². The van der Waals surface area contributed by atoms with Crippen molar-refractivity contribution in [3.05, 3.63) is 71.5 Å². The summed E-state index contributed by atoms with van der Waals surface area (Å²) in [7, 11) is 0. The van der Waals surface area contributed by atoms with E-state index in [1.807, 2.05) is 47.4 Å². The van der Waals surface area contributed by atoms with Gasteiger partial charge in [-0.2, -0.15) is 0 Å². The SMILES string of the molecule is O=C(C1CCC(=O)N1Cc1ccccc1)N1CCC(Cc2ccc(F)cc2)CC1. The van der Waals surface area contributed by atoms with Gasteiger partial charge in [-0.3, -0.25) is 9.59 Å². The van der Waals surface area contributed by atoms with Crippen molar-refractivity contribution in [2.45, 2.75) is 44.7 Å². The maximum absolute atomic E-state index is 13.1. The highest BCUT2D eigenvalue weighted by molar-refractivity contribution is 5.91. The predicted octanol–water partition coefficient (Wildman–Crippen LogP) is 3.80. The minimum Gasteiger partial charge on any atom is -0.341 e. The van der Waals surface area contributed by atoms with Crippen molar-refractivity contribution in [1.29, 1.82) is 0 Å². The van der Waals surface area contributed by atoms with Crippen molar-refractivity contribution in [1.82, 2.24) is 9.80 Å². The Morgan fingerprint density at radius 2 is 1.62 bits per heavy atom. The number of hydrogen-bond donors (Lipinski definition) is 0. The lowest BCUT2D eigenvalue weighted by Gasteiger charge is -2.35. The third kappa shape index (κ3) is 4.66. The maximum atomic E-state index is 13.1. The van der Waals surface area contributed by atoms with Gasteiger partial charge in [-0.25, -0.2) is 4.39 Å². The lowest BCUT2D eigenvalue weighted by Crippen LogP contribution is -2.49.